The normalized spacial score (nSPS) is 25.1. The molecule has 1 saturated carbocycles. The van der Waals surface area contributed by atoms with E-state index in [1.807, 2.05) is 6.92 Å². The highest BCUT2D eigenvalue weighted by atomic mass is 16.2. The van der Waals surface area contributed by atoms with Crippen molar-refractivity contribution in [2.45, 2.75) is 64.5 Å². The number of rotatable bonds is 5. The summed E-state index contributed by atoms with van der Waals surface area (Å²) in [6.45, 7) is 8.21. The number of carbonyl (C=O) groups is 1. The van der Waals surface area contributed by atoms with E-state index in [-0.39, 0.29) is 11.9 Å². The van der Waals surface area contributed by atoms with Crippen LogP contribution in [0.2, 0.25) is 0 Å². The van der Waals surface area contributed by atoms with E-state index in [4.69, 9.17) is 0 Å². The first-order chi connectivity index (χ1) is 9.72. The lowest BCUT2D eigenvalue weighted by atomic mass is 9.83. The molecule has 0 spiro atoms. The molecule has 2 unspecified atom stereocenters. The molecule has 2 atom stereocenters. The van der Waals surface area contributed by atoms with E-state index in [1.54, 1.807) is 0 Å². The molecule has 0 radical (unpaired) electrons. The van der Waals surface area contributed by atoms with Gasteiger partial charge in [-0.05, 0) is 32.1 Å². The van der Waals surface area contributed by atoms with Crippen molar-refractivity contribution in [3.8, 4) is 0 Å². The van der Waals surface area contributed by atoms with Crippen LogP contribution in [0.25, 0.3) is 0 Å². The topological polar surface area (TPSA) is 44.4 Å². The first-order valence-electron chi connectivity index (χ1n) is 8.47. The smallest absolute Gasteiger partial charge is 0.237 e. The molecule has 1 amide bonds. The Morgan fingerprint density at radius 2 is 1.90 bits per heavy atom. The lowest BCUT2D eigenvalue weighted by Crippen LogP contribution is -2.54. The number of hydrogen-bond acceptors (Lipinski definition) is 3. The minimum Gasteiger partial charge on any atom is -0.352 e. The molecule has 4 heteroatoms. The molecular formula is C16H31N3O. The van der Waals surface area contributed by atoms with Gasteiger partial charge in [0.05, 0.1) is 6.04 Å². The fraction of sp³-hybridized carbons (Fsp3) is 0.938. The standard InChI is InChI=1S/C16H31N3O/c1-3-15(14-7-5-4-6-8-14)18-16(20)13(2)19-11-9-17-10-12-19/h13-15,17H,3-12H2,1-2H3,(H,18,20). The Bertz CT molecular complexity index is 296. The first kappa shape index (κ1) is 15.8. The number of amides is 1. The van der Waals surface area contributed by atoms with Gasteiger partial charge in [-0.15, -0.1) is 0 Å². The van der Waals surface area contributed by atoms with Crippen molar-refractivity contribution in [1.29, 1.82) is 0 Å². The van der Waals surface area contributed by atoms with Crippen LogP contribution in [0.15, 0.2) is 0 Å². The maximum Gasteiger partial charge on any atom is 0.237 e. The van der Waals surface area contributed by atoms with Crippen LogP contribution in [0.3, 0.4) is 0 Å². The summed E-state index contributed by atoms with van der Waals surface area (Å²) in [6, 6.07) is 0.392. The lowest BCUT2D eigenvalue weighted by molar-refractivity contribution is -0.127. The van der Waals surface area contributed by atoms with Gasteiger partial charge in [-0.1, -0.05) is 26.2 Å². The van der Waals surface area contributed by atoms with Crippen LogP contribution in [0.1, 0.15) is 52.4 Å². The molecule has 2 fully saturated rings. The Morgan fingerprint density at radius 1 is 1.25 bits per heavy atom. The third-order valence-electron chi connectivity index (χ3n) is 5.07. The van der Waals surface area contributed by atoms with Crippen LogP contribution in [0.5, 0.6) is 0 Å². The quantitative estimate of drug-likeness (QED) is 0.807. The summed E-state index contributed by atoms with van der Waals surface area (Å²) in [5, 5.41) is 6.67. The van der Waals surface area contributed by atoms with E-state index in [1.165, 1.54) is 32.1 Å². The maximum atomic E-state index is 12.5. The second kappa shape index (κ2) is 7.99. The van der Waals surface area contributed by atoms with Crippen LogP contribution in [-0.4, -0.2) is 49.1 Å². The fourth-order valence-corrected chi connectivity index (χ4v) is 3.63. The average molecular weight is 281 g/mol. The Hall–Kier alpha value is -0.610. The SMILES string of the molecule is CCC(NC(=O)C(C)N1CCNCC1)C1CCCCC1. The lowest BCUT2D eigenvalue weighted by Gasteiger charge is -2.35. The third kappa shape index (κ3) is 4.19. The number of carbonyl (C=O) groups excluding carboxylic acids is 1. The van der Waals surface area contributed by atoms with Gasteiger partial charge in [0.2, 0.25) is 5.91 Å². The number of hydrogen-bond donors (Lipinski definition) is 2. The van der Waals surface area contributed by atoms with Crippen molar-refractivity contribution in [2.24, 2.45) is 5.92 Å². The average Bonchev–Trinajstić information content (AvgIpc) is 2.53. The van der Waals surface area contributed by atoms with Crippen molar-refractivity contribution in [3.63, 3.8) is 0 Å². The molecular weight excluding hydrogens is 250 g/mol. The summed E-state index contributed by atoms with van der Waals surface area (Å²) < 4.78 is 0. The van der Waals surface area contributed by atoms with E-state index in [0.29, 0.717) is 12.0 Å². The van der Waals surface area contributed by atoms with Gasteiger partial charge in [0.1, 0.15) is 0 Å². The Morgan fingerprint density at radius 3 is 2.50 bits per heavy atom. The minimum absolute atomic E-state index is 0.00902. The van der Waals surface area contributed by atoms with Crippen LogP contribution in [0.4, 0.5) is 0 Å². The summed E-state index contributed by atoms with van der Waals surface area (Å²) in [5.41, 5.74) is 0. The molecule has 1 heterocycles. The van der Waals surface area contributed by atoms with Crippen molar-refractivity contribution < 1.29 is 4.79 Å². The largest absolute Gasteiger partial charge is 0.352 e. The van der Waals surface area contributed by atoms with Gasteiger partial charge in [0, 0.05) is 32.2 Å². The van der Waals surface area contributed by atoms with Gasteiger partial charge in [0.15, 0.2) is 0 Å². The van der Waals surface area contributed by atoms with Gasteiger partial charge < -0.3 is 10.6 Å². The predicted molar refractivity (Wildman–Crippen MR) is 82.7 cm³/mol. The summed E-state index contributed by atoms with van der Waals surface area (Å²) in [6.07, 6.45) is 7.69. The molecule has 0 aromatic rings. The van der Waals surface area contributed by atoms with E-state index >= 15 is 0 Å². The monoisotopic (exact) mass is 281 g/mol. The van der Waals surface area contributed by atoms with Crippen molar-refractivity contribution in [1.82, 2.24) is 15.5 Å². The molecule has 20 heavy (non-hydrogen) atoms. The number of nitrogens with zero attached hydrogens (tertiary/aromatic N) is 1. The molecule has 2 rings (SSSR count). The molecule has 2 N–H and O–H groups in total. The summed E-state index contributed by atoms with van der Waals surface area (Å²) >= 11 is 0. The van der Waals surface area contributed by atoms with Crippen LogP contribution in [-0.2, 0) is 4.79 Å². The third-order valence-corrected chi connectivity index (χ3v) is 5.07. The molecule has 2 aliphatic rings. The fourth-order valence-electron chi connectivity index (χ4n) is 3.63. The van der Waals surface area contributed by atoms with Crippen LogP contribution < -0.4 is 10.6 Å². The van der Waals surface area contributed by atoms with E-state index in [9.17, 15) is 4.79 Å². The van der Waals surface area contributed by atoms with Crippen LogP contribution >= 0.6 is 0 Å². The summed E-state index contributed by atoms with van der Waals surface area (Å²) in [5.74, 6) is 0.928. The highest BCUT2D eigenvalue weighted by Crippen LogP contribution is 2.27. The second-order valence-electron chi connectivity index (χ2n) is 6.38. The van der Waals surface area contributed by atoms with E-state index < -0.39 is 0 Å². The van der Waals surface area contributed by atoms with Gasteiger partial charge in [-0.25, -0.2) is 0 Å². The highest BCUT2D eigenvalue weighted by molar-refractivity contribution is 5.81. The van der Waals surface area contributed by atoms with Crippen LogP contribution in [0, 0.1) is 5.92 Å². The molecule has 1 aliphatic heterocycles. The molecule has 0 aromatic carbocycles. The number of nitrogens with one attached hydrogen (secondary N) is 2. The number of piperazine rings is 1. The molecule has 1 aliphatic carbocycles. The van der Waals surface area contributed by atoms with Crippen molar-refractivity contribution in [3.05, 3.63) is 0 Å². The zero-order chi connectivity index (χ0) is 14.4. The minimum atomic E-state index is 0.00902. The van der Waals surface area contributed by atoms with Crippen molar-refractivity contribution >= 4 is 5.91 Å². The Balaban J connectivity index is 1.83. The molecule has 1 saturated heterocycles. The van der Waals surface area contributed by atoms with Gasteiger partial charge in [-0.3, -0.25) is 9.69 Å². The Labute approximate surface area is 123 Å². The maximum absolute atomic E-state index is 12.5. The zero-order valence-electron chi connectivity index (χ0n) is 13.2. The van der Waals surface area contributed by atoms with Gasteiger partial charge in [-0.2, -0.15) is 0 Å². The molecule has 4 nitrogen and oxygen atoms in total. The van der Waals surface area contributed by atoms with E-state index in [2.05, 4.69) is 22.5 Å². The molecule has 0 bridgehead atoms. The highest BCUT2D eigenvalue weighted by Gasteiger charge is 2.28. The Kier molecular flexibility index (Phi) is 6.30. The van der Waals surface area contributed by atoms with Gasteiger partial charge in [0.25, 0.3) is 0 Å². The van der Waals surface area contributed by atoms with Gasteiger partial charge >= 0.3 is 0 Å². The predicted octanol–water partition coefficient (Wildman–Crippen LogP) is 1.76. The summed E-state index contributed by atoms with van der Waals surface area (Å²) in [7, 11) is 0. The van der Waals surface area contributed by atoms with E-state index in [0.717, 1.165) is 32.6 Å². The second-order valence-corrected chi connectivity index (χ2v) is 6.38. The molecule has 116 valence electrons. The summed E-state index contributed by atoms with van der Waals surface area (Å²) in [4.78, 5) is 14.8. The zero-order valence-corrected chi connectivity index (χ0v) is 13.2. The van der Waals surface area contributed by atoms with Crippen molar-refractivity contribution in [2.75, 3.05) is 26.2 Å². The molecule has 0 aromatic heterocycles. The first-order valence-corrected chi connectivity index (χ1v) is 8.47.